The zero-order valence-corrected chi connectivity index (χ0v) is 10.5. The Bertz CT molecular complexity index is 765. The largest absolute Gasteiger partial charge is 0.497 e. The zero-order valence-electron chi connectivity index (χ0n) is 10.5. The molecule has 1 aromatic heterocycles. The lowest BCUT2D eigenvalue weighted by atomic mass is 10.1. The van der Waals surface area contributed by atoms with E-state index in [1.807, 2.05) is 6.07 Å². The van der Waals surface area contributed by atoms with Crippen LogP contribution in [0.1, 0.15) is 5.56 Å². The van der Waals surface area contributed by atoms with Crippen LogP contribution in [-0.4, -0.2) is 17.1 Å². The molecule has 0 aliphatic heterocycles. The number of nitrogens with zero attached hydrogens (tertiary/aromatic N) is 3. The van der Waals surface area contributed by atoms with Crippen molar-refractivity contribution in [3.8, 4) is 29.3 Å². The molecule has 7 nitrogen and oxygen atoms in total. The molecule has 0 fully saturated rings. The molecule has 0 radical (unpaired) electrons. The molecule has 0 saturated heterocycles. The number of hydrogen-bond acceptors (Lipinski definition) is 6. The maximum absolute atomic E-state index is 11.8. The minimum Gasteiger partial charge on any atom is -0.497 e. The van der Waals surface area contributed by atoms with Crippen LogP contribution in [0, 0.1) is 22.8 Å². The number of H-pyrrole nitrogens is 1. The second-order valence-corrected chi connectivity index (χ2v) is 3.72. The number of methoxy groups -OCH3 is 1. The molecule has 1 aromatic carbocycles. The molecule has 0 atom stereocenters. The Morgan fingerprint density at radius 2 is 2.00 bits per heavy atom. The molecule has 1 heterocycles. The fourth-order valence-electron chi connectivity index (χ4n) is 1.65. The van der Waals surface area contributed by atoms with Crippen molar-refractivity contribution in [1.29, 1.82) is 10.5 Å². The number of nitrogens with one attached hydrogen (secondary N) is 2. The highest BCUT2D eigenvalue weighted by Crippen LogP contribution is 2.22. The average molecular weight is 267 g/mol. The van der Waals surface area contributed by atoms with Crippen LogP contribution in [-0.2, 0) is 0 Å². The molecule has 98 valence electrons. The minimum atomic E-state index is -0.605. The molecule has 0 saturated carbocycles. The lowest BCUT2D eigenvalue weighted by Gasteiger charge is -2.06. The van der Waals surface area contributed by atoms with E-state index < -0.39 is 5.56 Å². The van der Waals surface area contributed by atoms with E-state index in [4.69, 9.17) is 15.3 Å². The van der Waals surface area contributed by atoms with E-state index in [-0.39, 0.29) is 17.2 Å². The van der Waals surface area contributed by atoms with Crippen molar-refractivity contribution >= 4 is 5.95 Å². The van der Waals surface area contributed by atoms with Crippen LogP contribution in [0.25, 0.3) is 11.3 Å². The van der Waals surface area contributed by atoms with Gasteiger partial charge in [0.15, 0.2) is 6.19 Å². The van der Waals surface area contributed by atoms with E-state index in [0.717, 1.165) is 0 Å². The van der Waals surface area contributed by atoms with Crippen molar-refractivity contribution in [1.82, 2.24) is 9.97 Å². The summed E-state index contributed by atoms with van der Waals surface area (Å²) in [6, 6.07) is 8.55. The quantitative estimate of drug-likeness (QED) is 0.638. The number of ether oxygens (including phenoxy) is 1. The summed E-state index contributed by atoms with van der Waals surface area (Å²) >= 11 is 0. The predicted octanol–water partition coefficient (Wildman–Crippen LogP) is 1.21. The van der Waals surface area contributed by atoms with Crippen molar-refractivity contribution in [2.75, 3.05) is 12.4 Å². The summed E-state index contributed by atoms with van der Waals surface area (Å²) in [7, 11) is 1.54. The van der Waals surface area contributed by atoms with E-state index >= 15 is 0 Å². The molecule has 2 aromatic rings. The van der Waals surface area contributed by atoms with Gasteiger partial charge in [0.25, 0.3) is 5.56 Å². The lowest BCUT2D eigenvalue weighted by molar-refractivity contribution is 0.415. The number of hydrogen-bond donors (Lipinski definition) is 2. The van der Waals surface area contributed by atoms with Crippen LogP contribution in [0.2, 0.25) is 0 Å². The summed E-state index contributed by atoms with van der Waals surface area (Å²) in [5.74, 6) is 0.634. The van der Waals surface area contributed by atoms with Gasteiger partial charge in [-0.25, -0.2) is 4.98 Å². The summed E-state index contributed by atoms with van der Waals surface area (Å²) in [5.41, 5.74) is 0.0656. The minimum absolute atomic E-state index is 0.0117. The van der Waals surface area contributed by atoms with Crippen LogP contribution in [0.15, 0.2) is 29.1 Å². The summed E-state index contributed by atoms with van der Waals surface area (Å²) in [6.07, 6.45) is 1.66. The second-order valence-electron chi connectivity index (χ2n) is 3.72. The third kappa shape index (κ3) is 2.42. The molecular formula is C13H9N5O2. The third-order valence-electron chi connectivity index (χ3n) is 2.57. The number of nitriles is 2. The van der Waals surface area contributed by atoms with Gasteiger partial charge < -0.3 is 4.74 Å². The number of benzene rings is 1. The van der Waals surface area contributed by atoms with Gasteiger partial charge in [0, 0.05) is 5.56 Å². The van der Waals surface area contributed by atoms with Gasteiger partial charge in [-0.3, -0.25) is 15.1 Å². The molecule has 2 N–H and O–H groups in total. The highest BCUT2D eigenvalue weighted by Gasteiger charge is 2.13. The van der Waals surface area contributed by atoms with Crippen LogP contribution in [0.5, 0.6) is 5.75 Å². The Kier molecular flexibility index (Phi) is 3.64. The molecular weight excluding hydrogens is 258 g/mol. The average Bonchev–Trinajstić information content (AvgIpc) is 2.47. The van der Waals surface area contributed by atoms with Crippen LogP contribution in [0.4, 0.5) is 5.95 Å². The fourth-order valence-corrected chi connectivity index (χ4v) is 1.65. The first-order chi connectivity index (χ1) is 9.69. The third-order valence-corrected chi connectivity index (χ3v) is 2.57. The van der Waals surface area contributed by atoms with E-state index in [1.165, 1.54) is 7.11 Å². The van der Waals surface area contributed by atoms with E-state index in [0.29, 0.717) is 11.3 Å². The Hall–Kier alpha value is -3.32. The summed E-state index contributed by atoms with van der Waals surface area (Å²) in [4.78, 5) is 18.2. The smallest absolute Gasteiger partial charge is 0.270 e. The SMILES string of the molecule is COc1ccc(-c2nc(NC#N)[nH]c(=O)c2C#N)cc1. The number of aromatic amines is 1. The van der Waals surface area contributed by atoms with E-state index in [2.05, 4.69) is 15.3 Å². The lowest BCUT2D eigenvalue weighted by Crippen LogP contribution is -2.15. The van der Waals surface area contributed by atoms with E-state index in [1.54, 1.807) is 30.5 Å². The fraction of sp³-hybridized carbons (Fsp3) is 0.0769. The van der Waals surface area contributed by atoms with Crippen molar-refractivity contribution in [2.45, 2.75) is 0 Å². The van der Waals surface area contributed by atoms with Crippen molar-refractivity contribution in [3.63, 3.8) is 0 Å². The second kappa shape index (κ2) is 5.55. The zero-order chi connectivity index (χ0) is 14.5. The maximum atomic E-state index is 11.8. The predicted molar refractivity (Wildman–Crippen MR) is 70.8 cm³/mol. The molecule has 0 aliphatic carbocycles. The van der Waals surface area contributed by atoms with Gasteiger partial charge in [0.1, 0.15) is 17.4 Å². The molecule has 0 aliphatic rings. The van der Waals surface area contributed by atoms with Gasteiger partial charge in [-0.05, 0) is 24.3 Å². The van der Waals surface area contributed by atoms with Gasteiger partial charge in [-0.2, -0.15) is 10.5 Å². The first-order valence-corrected chi connectivity index (χ1v) is 5.53. The monoisotopic (exact) mass is 267 g/mol. The first kappa shape index (κ1) is 13.1. The Morgan fingerprint density at radius 1 is 1.30 bits per heavy atom. The Morgan fingerprint density at radius 3 is 2.55 bits per heavy atom. The van der Waals surface area contributed by atoms with Gasteiger partial charge in [-0.15, -0.1) is 0 Å². The maximum Gasteiger partial charge on any atom is 0.270 e. The molecule has 7 heteroatoms. The van der Waals surface area contributed by atoms with Crippen molar-refractivity contribution in [3.05, 3.63) is 40.2 Å². The normalized spacial score (nSPS) is 9.35. The number of aromatic nitrogens is 2. The van der Waals surface area contributed by atoms with Crippen LogP contribution in [0.3, 0.4) is 0 Å². The summed E-state index contributed by atoms with van der Waals surface area (Å²) in [5, 5.41) is 19.9. The molecule has 20 heavy (non-hydrogen) atoms. The van der Waals surface area contributed by atoms with Crippen LogP contribution < -0.4 is 15.6 Å². The van der Waals surface area contributed by atoms with Gasteiger partial charge in [0.2, 0.25) is 5.95 Å². The van der Waals surface area contributed by atoms with Gasteiger partial charge in [0.05, 0.1) is 12.8 Å². The first-order valence-electron chi connectivity index (χ1n) is 5.53. The van der Waals surface area contributed by atoms with E-state index in [9.17, 15) is 4.79 Å². The van der Waals surface area contributed by atoms with Crippen LogP contribution >= 0.6 is 0 Å². The van der Waals surface area contributed by atoms with Gasteiger partial charge in [-0.1, -0.05) is 0 Å². The Labute approximate surface area is 114 Å². The number of anilines is 1. The summed E-state index contributed by atoms with van der Waals surface area (Å²) in [6.45, 7) is 0. The molecule has 0 bridgehead atoms. The highest BCUT2D eigenvalue weighted by molar-refractivity contribution is 5.67. The molecule has 0 unspecified atom stereocenters. The highest BCUT2D eigenvalue weighted by atomic mass is 16.5. The van der Waals surface area contributed by atoms with Crippen molar-refractivity contribution < 1.29 is 4.74 Å². The van der Waals surface area contributed by atoms with Crippen molar-refractivity contribution in [2.24, 2.45) is 0 Å². The molecule has 0 amide bonds. The molecule has 2 rings (SSSR count). The number of rotatable bonds is 3. The Balaban J connectivity index is 2.62. The molecule has 0 spiro atoms. The topological polar surface area (TPSA) is 115 Å². The summed E-state index contributed by atoms with van der Waals surface area (Å²) < 4.78 is 5.04. The van der Waals surface area contributed by atoms with Gasteiger partial charge >= 0.3 is 0 Å². The standard InChI is InChI=1S/C13H9N5O2/c1-20-9-4-2-8(3-5-9)11-10(6-14)12(19)18-13(17-11)16-7-15/h2-5H,1H3,(H2,16,17,18,19).